The van der Waals surface area contributed by atoms with E-state index in [9.17, 15) is 5.11 Å². The maximum absolute atomic E-state index is 10.3. The molecule has 1 aromatic carbocycles. The zero-order chi connectivity index (χ0) is 12.7. The van der Waals surface area contributed by atoms with Crippen molar-refractivity contribution in [2.45, 2.75) is 32.3 Å². The van der Waals surface area contributed by atoms with Crippen LogP contribution in [0.15, 0.2) is 42.5 Å². The number of hydrogen-bond acceptors (Lipinski definition) is 2. The number of aliphatic hydroxyl groups is 2. The van der Waals surface area contributed by atoms with Gasteiger partial charge in [-0.3, -0.25) is 0 Å². The fourth-order valence-electron chi connectivity index (χ4n) is 1.74. The maximum Gasteiger partial charge on any atom is 0.0682 e. The standard InChI is InChI=1S/C15H22O2/c1-13(7-6-12-16)15(2,17)11-10-14-8-4-3-5-9-14/h3-9,13,16-17H,10-12H2,1-2H3/b7-6+/t13-,15+/m0/s1. The lowest BCUT2D eigenvalue weighted by molar-refractivity contribution is 0.0162. The predicted octanol–water partition coefficient (Wildman–Crippen LogP) is 2.55. The van der Waals surface area contributed by atoms with Crippen molar-refractivity contribution in [3.05, 3.63) is 48.0 Å². The first kappa shape index (κ1) is 13.9. The Morgan fingerprint density at radius 1 is 1.29 bits per heavy atom. The van der Waals surface area contributed by atoms with Crippen molar-refractivity contribution >= 4 is 0 Å². The summed E-state index contributed by atoms with van der Waals surface area (Å²) in [6.45, 7) is 3.85. The summed E-state index contributed by atoms with van der Waals surface area (Å²) >= 11 is 0. The summed E-state index contributed by atoms with van der Waals surface area (Å²) in [5.41, 5.74) is 0.507. The summed E-state index contributed by atoms with van der Waals surface area (Å²) in [6, 6.07) is 10.2. The quantitative estimate of drug-likeness (QED) is 0.743. The van der Waals surface area contributed by atoms with Crippen LogP contribution in [-0.2, 0) is 6.42 Å². The normalized spacial score (nSPS) is 16.9. The molecule has 94 valence electrons. The Morgan fingerprint density at radius 2 is 1.94 bits per heavy atom. The lowest BCUT2D eigenvalue weighted by Gasteiger charge is -2.28. The van der Waals surface area contributed by atoms with Crippen LogP contribution >= 0.6 is 0 Å². The zero-order valence-corrected chi connectivity index (χ0v) is 10.6. The molecule has 0 unspecified atom stereocenters. The summed E-state index contributed by atoms with van der Waals surface area (Å²) < 4.78 is 0. The molecule has 0 heterocycles. The number of benzene rings is 1. The number of hydrogen-bond donors (Lipinski definition) is 2. The topological polar surface area (TPSA) is 40.5 Å². The van der Waals surface area contributed by atoms with E-state index < -0.39 is 5.60 Å². The Kier molecular flexibility index (Phi) is 5.39. The SMILES string of the molecule is C[C@@H](/C=C/CO)[C@](C)(O)CCc1ccccc1. The van der Waals surface area contributed by atoms with E-state index in [1.54, 1.807) is 6.08 Å². The second-order valence-electron chi connectivity index (χ2n) is 4.74. The summed E-state index contributed by atoms with van der Waals surface area (Å²) in [6.07, 6.45) is 5.13. The van der Waals surface area contributed by atoms with Crippen molar-refractivity contribution in [3.8, 4) is 0 Å². The average molecular weight is 234 g/mol. The highest BCUT2D eigenvalue weighted by Crippen LogP contribution is 2.24. The smallest absolute Gasteiger partial charge is 0.0682 e. The van der Waals surface area contributed by atoms with E-state index >= 15 is 0 Å². The number of aryl methyl sites for hydroxylation is 1. The molecule has 1 rings (SSSR count). The van der Waals surface area contributed by atoms with Crippen molar-refractivity contribution in [1.82, 2.24) is 0 Å². The molecule has 2 N–H and O–H groups in total. The van der Waals surface area contributed by atoms with E-state index in [-0.39, 0.29) is 12.5 Å². The van der Waals surface area contributed by atoms with Crippen molar-refractivity contribution in [1.29, 1.82) is 0 Å². The van der Waals surface area contributed by atoms with Crippen molar-refractivity contribution in [2.75, 3.05) is 6.61 Å². The molecule has 0 aliphatic heterocycles. The second kappa shape index (κ2) is 6.58. The highest BCUT2D eigenvalue weighted by Gasteiger charge is 2.25. The molecule has 0 aliphatic carbocycles. The summed E-state index contributed by atoms with van der Waals surface area (Å²) in [4.78, 5) is 0. The van der Waals surface area contributed by atoms with E-state index in [0.29, 0.717) is 6.42 Å². The molecule has 0 bridgehead atoms. The van der Waals surface area contributed by atoms with Gasteiger partial charge in [-0.1, -0.05) is 49.4 Å². The highest BCUT2D eigenvalue weighted by atomic mass is 16.3. The highest BCUT2D eigenvalue weighted by molar-refractivity contribution is 5.15. The van der Waals surface area contributed by atoms with E-state index in [1.807, 2.05) is 38.1 Å². The van der Waals surface area contributed by atoms with Crippen molar-refractivity contribution in [2.24, 2.45) is 5.92 Å². The average Bonchev–Trinajstić information content (AvgIpc) is 2.35. The summed E-state index contributed by atoms with van der Waals surface area (Å²) in [5, 5.41) is 19.1. The Labute approximate surface area is 104 Å². The molecule has 0 spiro atoms. The van der Waals surface area contributed by atoms with Crippen LogP contribution in [-0.4, -0.2) is 22.4 Å². The third-order valence-electron chi connectivity index (χ3n) is 3.27. The molecule has 0 aromatic heterocycles. The molecule has 0 saturated heterocycles. The lowest BCUT2D eigenvalue weighted by Crippen LogP contribution is -2.32. The molecule has 0 saturated carbocycles. The van der Waals surface area contributed by atoms with Gasteiger partial charge < -0.3 is 10.2 Å². The van der Waals surface area contributed by atoms with Gasteiger partial charge in [-0.25, -0.2) is 0 Å². The van der Waals surface area contributed by atoms with E-state index in [4.69, 9.17) is 5.11 Å². The molecule has 1 aromatic rings. The maximum atomic E-state index is 10.3. The van der Waals surface area contributed by atoms with Gasteiger partial charge in [0.1, 0.15) is 0 Å². The van der Waals surface area contributed by atoms with Gasteiger partial charge >= 0.3 is 0 Å². The van der Waals surface area contributed by atoms with Gasteiger partial charge in [0.25, 0.3) is 0 Å². The Hall–Kier alpha value is -1.12. The first-order valence-electron chi connectivity index (χ1n) is 6.10. The van der Waals surface area contributed by atoms with Crippen LogP contribution in [0.5, 0.6) is 0 Å². The zero-order valence-electron chi connectivity index (χ0n) is 10.6. The van der Waals surface area contributed by atoms with Crippen LogP contribution in [0.2, 0.25) is 0 Å². The first-order chi connectivity index (χ1) is 8.06. The summed E-state index contributed by atoms with van der Waals surface area (Å²) in [7, 11) is 0. The van der Waals surface area contributed by atoms with Crippen LogP contribution in [0.1, 0.15) is 25.8 Å². The third-order valence-corrected chi connectivity index (χ3v) is 3.27. The van der Waals surface area contributed by atoms with Crippen molar-refractivity contribution < 1.29 is 10.2 Å². The minimum atomic E-state index is -0.735. The Balaban J connectivity index is 2.52. The fraction of sp³-hybridized carbons (Fsp3) is 0.467. The molecule has 2 nitrogen and oxygen atoms in total. The lowest BCUT2D eigenvalue weighted by atomic mass is 9.85. The van der Waals surface area contributed by atoms with Gasteiger partial charge in [0.05, 0.1) is 12.2 Å². The van der Waals surface area contributed by atoms with Crippen LogP contribution in [0, 0.1) is 5.92 Å². The van der Waals surface area contributed by atoms with Gasteiger partial charge in [-0.15, -0.1) is 0 Å². The predicted molar refractivity (Wildman–Crippen MR) is 70.8 cm³/mol. The van der Waals surface area contributed by atoms with Gasteiger partial charge in [0.15, 0.2) is 0 Å². The third kappa shape index (κ3) is 4.72. The molecule has 0 aliphatic rings. The van der Waals surface area contributed by atoms with Gasteiger partial charge in [-0.05, 0) is 25.3 Å². The molecular formula is C15H22O2. The van der Waals surface area contributed by atoms with Gasteiger partial charge in [0.2, 0.25) is 0 Å². The molecule has 0 amide bonds. The monoisotopic (exact) mass is 234 g/mol. The Morgan fingerprint density at radius 3 is 2.53 bits per heavy atom. The largest absolute Gasteiger partial charge is 0.392 e. The van der Waals surface area contributed by atoms with Gasteiger partial charge in [0, 0.05) is 5.92 Å². The molecule has 17 heavy (non-hydrogen) atoms. The van der Waals surface area contributed by atoms with E-state index in [1.165, 1.54) is 5.56 Å². The van der Waals surface area contributed by atoms with Crippen LogP contribution in [0.25, 0.3) is 0 Å². The minimum absolute atomic E-state index is 0.0269. The van der Waals surface area contributed by atoms with Crippen LogP contribution in [0.3, 0.4) is 0 Å². The molecular weight excluding hydrogens is 212 g/mol. The molecule has 2 atom stereocenters. The molecule has 0 fully saturated rings. The fourth-order valence-corrected chi connectivity index (χ4v) is 1.74. The number of aliphatic hydroxyl groups excluding tert-OH is 1. The van der Waals surface area contributed by atoms with Crippen LogP contribution in [0.4, 0.5) is 0 Å². The van der Waals surface area contributed by atoms with E-state index in [0.717, 1.165) is 6.42 Å². The van der Waals surface area contributed by atoms with Gasteiger partial charge in [-0.2, -0.15) is 0 Å². The van der Waals surface area contributed by atoms with E-state index in [2.05, 4.69) is 12.1 Å². The second-order valence-corrected chi connectivity index (χ2v) is 4.74. The minimum Gasteiger partial charge on any atom is -0.392 e. The molecule has 2 heteroatoms. The summed E-state index contributed by atoms with van der Waals surface area (Å²) in [5.74, 6) is 0.0402. The Bertz CT molecular complexity index is 341. The first-order valence-corrected chi connectivity index (χ1v) is 6.10. The molecule has 0 radical (unpaired) electrons. The number of rotatable bonds is 6. The van der Waals surface area contributed by atoms with Crippen molar-refractivity contribution in [3.63, 3.8) is 0 Å². The van der Waals surface area contributed by atoms with Crippen LogP contribution < -0.4 is 0 Å².